The van der Waals surface area contributed by atoms with Crippen LogP contribution in [0.4, 0.5) is 4.79 Å². The van der Waals surface area contributed by atoms with Crippen LogP contribution in [0.25, 0.3) is 5.53 Å². The normalized spacial score (nSPS) is 8.75. The van der Waals surface area contributed by atoms with Gasteiger partial charge in [-0.1, -0.05) is 0 Å². The maximum atomic E-state index is 11.5. The van der Waals surface area contributed by atoms with Gasteiger partial charge in [-0.15, -0.1) is 0 Å². The number of urea groups is 1. The molecular weight excluding hydrogens is 216 g/mol. The first-order valence-electron chi connectivity index (χ1n) is 4.16. The molecule has 0 aliphatic heterocycles. The zero-order chi connectivity index (χ0) is 12.9. The number of rotatable bonds is 2. The number of ether oxygens (including phenoxy) is 1. The fourth-order valence-electron chi connectivity index (χ4n) is 0.813. The van der Waals surface area contributed by atoms with Crippen molar-refractivity contribution in [1.82, 2.24) is 9.80 Å². The topological polar surface area (TPSA) is 103 Å². The molecule has 0 atom stereocenters. The van der Waals surface area contributed by atoms with Crippen LogP contribution in [0.2, 0.25) is 0 Å². The Morgan fingerprint density at radius 3 is 2.00 bits per heavy atom. The van der Waals surface area contributed by atoms with E-state index in [1.165, 1.54) is 14.1 Å². The van der Waals surface area contributed by atoms with Gasteiger partial charge in [0.25, 0.3) is 0 Å². The first kappa shape index (κ1) is 13.8. The third kappa shape index (κ3) is 2.89. The summed E-state index contributed by atoms with van der Waals surface area (Å²) in [6.45, 7) is 0. The minimum Gasteiger partial charge on any atom is -0.460 e. The van der Waals surface area contributed by atoms with Crippen molar-refractivity contribution in [3.8, 4) is 0 Å². The molecule has 16 heavy (non-hydrogen) atoms. The summed E-state index contributed by atoms with van der Waals surface area (Å²) in [6, 6.07) is -0.657. The van der Waals surface area contributed by atoms with E-state index in [0.717, 1.165) is 19.1 Å². The van der Waals surface area contributed by atoms with Crippen molar-refractivity contribution in [2.45, 2.75) is 0 Å². The molecule has 0 radical (unpaired) electrons. The lowest BCUT2D eigenvalue weighted by molar-refractivity contribution is -0.141. The van der Waals surface area contributed by atoms with Crippen molar-refractivity contribution in [2.24, 2.45) is 0 Å². The van der Waals surface area contributed by atoms with E-state index in [9.17, 15) is 14.4 Å². The summed E-state index contributed by atoms with van der Waals surface area (Å²) in [5.41, 5.74) is 7.62. The highest BCUT2D eigenvalue weighted by atomic mass is 16.5. The van der Waals surface area contributed by atoms with Crippen LogP contribution in [0.3, 0.4) is 0 Å². The number of carbonyl (C=O) groups is 3. The molecule has 8 heteroatoms. The second-order valence-corrected chi connectivity index (χ2v) is 2.98. The molecule has 0 heterocycles. The molecule has 0 aromatic rings. The van der Waals surface area contributed by atoms with E-state index < -0.39 is 23.6 Å². The second kappa shape index (κ2) is 5.62. The number of amides is 3. The van der Waals surface area contributed by atoms with E-state index >= 15 is 0 Å². The summed E-state index contributed by atoms with van der Waals surface area (Å²) < 4.78 is 4.21. The van der Waals surface area contributed by atoms with Crippen molar-refractivity contribution < 1.29 is 23.9 Å². The highest BCUT2D eigenvalue weighted by molar-refractivity contribution is 6.62. The Balaban J connectivity index is 5.00. The quantitative estimate of drug-likeness (QED) is 0.198. The molecule has 0 rings (SSSR count). The lowest BCUT2D eigenvalue weighted by Crippen LogP contribution is -2.46. The fourth-order valence-corrected chi connectivity index (χ4v) is 0.813. The van der Waals surface area contributed by atoms with Crippen molar-refractivity contribution in [3.63, 3.8) is 0 Å². The number of hydrogen-bond acceptors (Lipinski definition) is 4. The first-order valence-corrected chi connectivity index (χ1v) is 4.16. The molecule has 0 fully saturated rings. The number of nitrogens with zero attached hydrogens (tertiary/aromatic N) is 4. The lowest BCUT2D eigenvalue weighted by atomic mass is 10.3. The molecule has 0 N–H and O–H groups in total. The van der Waals surface area contributed by atoms with Crippen LogP contribution < -0.4 is 0 Å². The predicted molar refractivity (Wildman–Crippen MR) is 52.5 cm³/mol. The van der Waals surface area contributed by atoms with Crippen LogP contribution in [-0.4, -0.2) is 66.5 Å². The number of carbonyl (C=O) groups excluding carboxylic acids is 3. The molecule has 0 aliphatic carbocycles. The van der Waals surface area contributed by atoms with Crippen molar-refractivity contribution >= 4 is 23.6 Å². The van der Waals surface area contributed by atoms with Crippen molar-refractivity contribution in [3.05, 3.63) is 5.53 Å². The van der Waals surface area contributed by atoms with Gasteiger partial charge in [-0.3, -0.25) is 9.69 Å². The molecule has 0 aromatic carbocycles. The summed E-state index contributed by atoms with van der Waals surface area (Å²) in [6.07, 6.45) is 0. The summed E-state index contributed by atoms with van der Waals surface area (Å²) in [7, 11) is 5.04. The maximum Gasteiger partial charge on any atom is 0.463 e. The summed E-state index contributed by atoms with van der Waals surface area (Å²) >= 11 is 0. The van der Waals surface area contributed by atoms with Crippen molar-refractivity contribution in [2.75, 3.05) is 28.3 Å². The van der Waals surface area contributed by atoms with Crippen LogP contribution >= 0.6 is 0 Å². The van der Waals surface area contributed by atoms with Gasteiger partial charge in [0.15, 0.2) is 0 Å². The largest absolute Gasteiger partial charge is 0.463 e. The average Bonchev–Trinajstić information content (AvgIpc) is 2.27. The zero-order valence-corrected chi connectivity index (χ0v) is 9.42. The van der Waals surface area contributed by atoms with Gasteiger partial charge in [0, 0.05) is 21.1 Å². The van der Waals surface area contributed by atoms with Gasteiger partial charge in [0.05, 0.1) is 7.11 Å². The van der Waals surface area contributed by atoms with E-state index in [0.29, 0.717) is 4.90 Å². The van der Waals surface area contributed by atoms with Gasteiger partial charge < -0.3 is 15.2 Å². The molecule has 0 bridgehead atoms. The molecule has 0 spiro atoms. The van der Waals surface area contributed by atoms with Crippen LogP contribution in [0, 0.1) is 0 Å². The molecule has 0 unspecified atom stereocenters. The van der Waals surface area contributed by atoms with E-state index in [1.807, 2.05) is 0 Å². The van der Waals surface area contributed by atoms with Gasteiger partial charge in [-0.25, -0.2) is 9.59 Å². The van der Waals surface area contributed by atoms with E-state index in [1.54, 1.807) is 0 Å². The highest BCUT2D eigenvalue weighted by Crippen LogP contribution is 1.94. The molecule has 0 saturated heterocycles. The zero-order valence-electron chi connectivity index (χ0n) is 9.42. The molecule has 8 nitrogen and oxygen atoms in total. The Kier molecular flexibility index (Phi) is 4.84. The molecule has 0 aromatic heterocycles. The maximum absolute atomic E-state index is 11.5. The molecule has 0 saturated carbocycles. The smallest absolute Gasteiger partial charge is 0.460 e. The van der Waals surface area contributed by atoms with Gasteiger partial charge in [-0.05, 0) is 0 Å². The number of hydrogen-bond donors (Lipinski definition) is 0. The van der Waals surface area contributed by atoms with Crippen LogP contribution in [-0.2, 0) is 14.3 Å². The molecule has 0 aliphatic rings. The van der Waals surface area contributed by atoms with Gasteiger partial charge >= 0.3 is 23.6 Å². The Labute approximate surface area is 92.0 Å². The van der Waals surface area contributed by atoms with Crippen LogP contribution in [0.5, 0.6) is 0 Å². The molecule has 3 amide bonds. The minimum absolute atomic E-state index is 0.631. The SMILES string of the molecule is COC(=O)C(=[N+]=[N-])C(=O)N(C)C(=O)N(C)C. The summed E-state index contributed by atoms with van der Waals surface area (Å²) in [4.78, 5) is 38.1. The number of imide groups is 1. The predicted octanol–water partition coefficient (Wildman–Crippen LogP) is -1.03. The van der Waals surface area contributed by atoms with Gasteiger partial charge in [0.2, 0.25) is 0 Å². The Morgan fingerprint density at radius 1 is 1.19 bits per heavy atom. The lowest BCUT2D eigenvalue weighted by Gasteiger charge is -2.17. The second-order valence-electron chi connectivity index (χ2n) is 2.98. The molecular formula is C8H12N4O4. The Morgan fingerprint density at radius 2 is 1.69 bits per heavy atom. The summed E-state index contributed by atoms with van der Waals surface area (Å²) in [5.74, 6) is -2.17. The van der Waals surface area contributed by atoms with Crippen LogP contribution in [0.15, 0.2) is 0 Å². The van der Waals surface area contributed by atoms with E-state index in [4.69, 9.17) is 5.53 Å². The Hall–Kier alpha value is -2.21. The molecule has 88 valence electrons. The first-order chi connectivity index (χ1) is 7.36. The standard InChI is InChI=1S/C8H12N4O4/c1-11(2)8(15)12(3)6(13)5(10-9)7(14)16-4/h1-4H3. The third-order valence-corrected chi connectivity index (χ3v) is 1.66. The van der Waals surface area contributed by atoms with Gasteiger partial charge in [0.1, 0.15) is 0 Å². The highest BCUT2D eigenvalue weighted by Gasteiger charge is 2.36. The average molecular weight is 228 g/mol. The van der Waals surface area contributed by atoms with Crippen molar-refractivity contribution in [1.29, 1.82) is 0 Å². The van der Waals surface area contributed by atoms with E-state index in [2.05, 4.69) is 9.53 Å². The number of esters is 1. The fraction of sp³-hybridized carbons (Fsp3) is 0.500. The van der Waals surface area contributed by atoms with E-state index in [-0.39, 0.29) is 0 Å². The minimum atomic E-state index is -1.12. The monoisotopic (exact) mass is 228 g/mol. The summed E-state index contributed by atoms with van der Waals surface area (Å²) in [5, 5.41) is 0. The number of methoxy groups -OCH3 is 1. The Bertz CT molecular complexity index is 370. The van der Waals surface area contributed by atoms with Gasteiger partial charge in [-0.2, -0.15) is 4.79 Å². The third-order valence-electron chi connectivity index (χ3n) is 1.66. The van der Waals surface area contributed by atoms with Crippen LogP contribution in [0.1, 0.15) is 0 Å².